The van der Waals surface area contributed by atoms with Gasteiger partial charge < -0.3 is 5.32 Å². The van der Waals surface area contributed by atoms with Gasteiger partial charge in [0.15, 0.2) is 0 Å². The Morgan fingerprint density at radius 1 is 1.18 bits per heavy atom. The van der Waals surface area contributed by atoms with Crippen LogP contribution in [-0.2, 0) is 0 Å². The standard InChI is InChI=1S/C17H17BrFNOS/c1-11-3-5-14(9-12(11)2)22-8-7-20-17(21)15-6-4-13(19)10-16(15)18/h3-6,9-10H,7-8H2,1-2H3,(H,20,21). The zero-order valence-electron chi connectivity index (χ0n) is 12.5. The van der Waals surface area contributed by atoms with Crippen LogP contribution < -0.4 is 5.32 Å². The molecule has 1 amide bonds. The number of hydrogen-bond donors (Lipinski definition) is 1. The Kier molecular flexibility index (Phi) is 6.03. The summed E-state index contributed by atoms with van der Waals surface area (Å²) in [5, 5.41) is 2.84. The summed E-state index contributed by atoms with van der Waals surface area (Å²) in [6, 6.07) is 10.4. The number of rotatable bonds is 5. The Labute approximate surface area is 142 Å². The maximum atomic E-state index is 13.0. The minimum atomic E-state index is -0.367. The highest BCUT2D eigenvalue weighted by atomic mass is 79.9. The third-order valence-corrected chi connectivity index (χ3v) is 4.96. The van der Waals surface area contributed by atoms with E-state index in [1.165, 1.54) is 34.2 Å². The molecule has 2 nitrogen and oxygen atoms in total. The first-order chi connectivity index (χ1) is 10.5. The lowest BCUT2D eigenvalue weighted by atomic mass is 10.1. The van der Waals surface area contributed by atoms with E-state index < -0.39 is 0 Å². The van der Waals surface area contributed by atoms with E-state index in [-0.39, 0.29) is 11.7 Å². The van der Waals surface area contributed by atoms with E-state index in [1.807, 2.05) is 0 Å². The minimum Gasteiger partial charge on any atom is -0.351 e. The Bertz CT molecular complexity index is 690. The van der Waals surface area contributed by atoms with Gasteiger partial charge in [-0.15, -0.1) is 11.8 Å². The van der Waals surface area contributed by atoms with Crippen molar-refractivity contribution in [3.63, 3.8) is 0 Å². The first-order valence-corrected chi connectivity index (χ1v) is 8.68. The van der Waals surface area contributed by atoms with E-state index >= 15 is 0 Å². The molecule has 0 saturated carbocycles. The van der Waals surface area contributed by atoms with Crippen LogP contribution in [0.15, 0.2) is 45.8 Å². The molecule has 0 aliphatic rings. The molecule has 5 heteroatoms. The lowest BCUT2D eigenvalue weighted by molar-refractivity contribution is 0.0955. The van der Waals surface area contributed by atoms with Gasteiger partial charge in [0.05, 0.1) is 5.56 Å². The Balaban J connectivity index is 1.83. The Morgan fingerprint density at radius 2 is 1.95 bits per heavy atom. The Morgan fingerprint density at radius 3 is 2.64 bits per heavy atom. The second kappa shape index (κ2) is 7.79. The van der Waals surface area contributed by atoms with Crippen LogP contribution in [0.3, 0.4) is 0 Å². The first kappa shape index (κ1) is 17.0. The van der Waals surface area contributed by atoms with Crippen LogP contribution in [0.4, 0.5) is 4.39 Å². The number of amides is 1. The fourth-order valence-corrected chi connectivity index (χ4v) is 3.30. The summed E-state index contributed by atoms with van der Waals surface area (Å²) in [7, 11) is 0. The molecular formula is C17H17BrFNOS. The molecule has 0 radical (unpaired) electrons. The van der Waals surface area contributed by atoms with Gasteiger partial charge >= 0.3 is 0 Å². The van der Waals surface area contributed by atoms with Crippen molar-refractivity contribution in [3.8, 4) is 0 Å². The van der Waals surface area contributed by atoms with Gasteiger partial charge in [0.2, 0.25) is 0 Å². The van der Waals surface area contributed by atoms with Gasteiger partial charge in [-0.3, -0.25) is 4.79 Å². The minimum absolute atomic E-state index is 0.201. The lowest BCUT2D eigenvalue weighted by Gasteiger charge is -2.08. The molecule has 0 atom stereocenters. The monoisotopic (exact) mass is 381 g/mol. The topological polar surface area (TPSA) is 29.1 Å². The molecule has 1 N–H and O–H groups in total. The molecule has 0 aliphatic heterocycles. The molecule has 2 aromatic carbocycles. The van der Waals surface area contributed by atoms with Gasteiger partial charge in [-0.1, -0.05) is 6.07 Å². The number of thioether (sulfide) groups is 1. The molecule has 2 rings (SSSR count). The zero-order chi connectivity index (χ0) is 16.1. The summed E-state index contributed by atoms with van der Waals surface area (Å²) in [5.41, 5.74) is 2.99. The summed E-state index contributed by atoms with van der Waals surface area (Å²) in [5.74, 6) is 0.217. The highest BCUT2D eigenvalue weighted by Gasteiger charge is 2.10. The quantitative estimate of drug-likeness (QED) is 0.599. The molecule has 0 spiro atoms. The molecule has 0 saturated heterocycles. The smallest absolute Gasteiger partial charge is 0.252 e. The second-order valence-corrected chi connectivity index (χ2v) is 7.00. The largest absolute Gasteiger partial charge is 0.351 e. The van der Waals surface area contributed by atoms with E-state index in [4.69, 9.17) is 0 Å². The molecule has 0 aromatic heterocycles. The normalized spacial score (nSPS) is 10.5. The zero-order valence-corrected chi connectivity index (χ0v) is 14.9. The average molecular weight is 382 g/mol. The van der Waals surface area contributed by atoms with Crippen molar-refractivity contribution >= 4 is 33.6 Å². The van der Waals surface area contributed by atoms with Crippen molar-refractivity contribution < 1.29 is 9.18 Å². The molecular weight excluding hydrogens is 365 g/mol. The van der Waals surface area contributed by atoms with Crippen molar-refractivity contribution in [2.45, 2.75) is 18.7 Å². The number of hydrogen-bond acceptors (Lipinski definition) is 2. The molecule has 0 bridgehead atoms. The van der Waals surface area contributed by atoms with Gasteiger partial charge in [0, 0.05) is 21.7 Å². The van der Waals surface area contributed by atoms with Crippen LogP contribution in [0.5, 0.6) is 0 Å². The predicted octanol–water partition coefficient (Wildman–Crippen LogP) is 4.73. The van der Waals surface area contributed by atoms with Crippen LogP contribution in [0.2, 0.25) is 0 Å². The van der Waals surface area contributed by atoms with Crippen LogP contribution in [0.25, 0.3) is 0 Å². The third kappa shape index (κ3) is 4.58. The number of carbonyl (C=O) groups is 1. The molecule has 0 fully saturated rings. The summed E-state index contributed by atoms with van der Waals surface area (Å²) in [6.45, 7) is 4.73. The fraction of sp³-hybridized carbons (Fsp3) is 0.235. The van der Waals surface area contributed by atoms with E-state index in [0.29, 0.717) is 16.6 Å². The summed E-state index contributed by atoms with van der Waals surface area (Å²) in [4.78, 5) is 13.2. The Hall–Kier alpha value is -1.33. The van der Waals surface area contributed by atoms with Crippen LogP contribution >= 0.6 is 27.7 Å². The van der Waals surface area contributed by atoms with E-state index in [2.05, 4.69) is 53.3 Å². The number of carbonyl (C=O) groups excluding carboxylic acids is 1. The first-order valence-electron chi connectivity index (χ1n) is 6.90. The van der Waals surface area contributed by atoms with E-state index in [1.54, 1.807) is 11.8 Å². The van der Waals surface area contributed by atoms with Crippen molar-refractivity contribution in [1.29, 1.82) is 0 Å². The number of benzene rings is 2. The van der Waals surface area contributed by atoms with E-state index in [9.17, 15) is 9.18 Å². The van der Waals surface area contributed by atoms with Gasteiger partial charge in [-0.25, -0.2) is 4.39 Å². The maximum Gasteiger partial charge on any atom is 0.252 e. The van der Waals surface area contributed by atoms with Gasteiger partial charge in [-0.05, 0) is 71.2 Å². The molecule has 0 unspecified atom stereocenters. The molecule has 116 valence electrons. The highest BCUT2D eigenvalue weighted by Crippen LogP contribution is 2.21. The molecule has 0 heterocycles. The molecule has 2 aromatic rings. The maximum absolute atomic E-state index is 13.0. The second-order valence-electron chi connectivity index (χ2n) is 4.97. The van der Waals surface area contributed by atoms with Crippen LogP contribution in [-0.4, -0.2) is 18.2 Å². The molecule has 22 heavy (non-hydrogen) atoms. The van der Waals surface area contributed by atoms with Crippen LogP contribution in [0.1, 0.15) is 21.5 Å². The summed E-state index contributed by atoms with van der Waals surface area (Å²) < 4.78 is 13.5. The van der Waals surface area contributed by atoms with Crippen LogP contribution in [0, 0.1) is 19.7 Å². The van der Waals surface area contributed by atoms with Crippen molar-refractivity contribution in [2.24, 2.45) is 0 Å². The number of aryl methyl sites for hydroxylation is 2. The van der Waals surface area contributed by atoms with Gasteiger partial charge in [0.1, 0.15) is 5.82 Å². The number of nitrogens with one attached hydrogen (secondary N) is 1. The van der Waals surface area contributed by atoms with Crippen molar-refractivity contribution in [2.75, 3.05) is 12.3 Å². The van der Waals surface area contributed by atoms with Gasteiger partial charge in [0.25, 0.3) is 5.91 Å². The summed E-state index contributed by atoms with van der Waals surface area (Å²) >= 11 is 4.90. The molecule has 0 aliphatic carbocycles. The van der Waals surface area contributed by atoms with Gasteiger partial charge in [-0.2, -0.15) is 0 Å². The fourth-order valence-electron chi connectivity index (χ4n) is 1.91. The summed E-state index contributed by atoms with van der Waals surface area (Å²) in [6.07, 6.45) is 0. The SMILES string of the molecule is Cc1ccc(SCCNC(=O)c2ccc(F)cc2Br)cc1C. The number of halogens is 2. The highest BCUT2D eigenvalue weighted by molar-refractivity contribution is 9.10. The van der Waals surface area contributed by atoms with Crippen molar-refractivity contribution in [1.82, 2.24) is 5.32 Å². The van der Waals surface area contributed by atoms with E-state index in [0.717, 1.165) is 5.75 Å². The lowest BCUT2D eigenvalue weighted by Crippen LogP contribution is -2.26. The third-order valence-electron chi connectivity index (χ3n) is 3.31. The van der Waals surface area contributed by atoms with Crippen molar-refractivity contribution in [3.05, 3.63) is 63.4 Å². The average Bonchev–Trinajstić information content (AvgIpc) is 2.47. The predicted molar refractivity (Wildman–Crippen MR) is 93.1 cm³/mol.